The lowest BCUT2D eigenvalue weighted by molar-refractivity contribution is -0.161. The van der Waals surface area contributed by atoms with Crippen molar-refractivity contribution in [3.05, 3.63) is 29.3 Å². The predicted octanol–water partition coefficient (Wildman–Crippen LogP) is 0.460. The van der Waals surface area contributed by atoms with Crippen LogP contribution in [-0.4, -0.2) is 55.7 Å². The smallest absolute Gasteiger partial charge is 0.357 e. The van der Waals surface area contributed by atoms with E-state index in [0.717, 1.165) is 5.69 Å². The fraction of sp³-hybridized carbons (Fsp3) is 0.429. The highest BCUT2D eigenvalue weighted by Gasteiger charge is 2.64. The molecular weight excluding hydrogens is 294 g/mol. The van der Waals surface area contributed by atoms with Gasteiger partial charge in [-0.1, -0.05) is 11.6 Å². The Kier molecular flexibility index (Phi) is 3.30. The Bertz CT molecular complexity index is 582. The molecule has 0 aromatic heterocycles. The number of benzene rings is 1. The molecule has 0 unspecified atom stereocenters. The van der Waals surface area contributed by atoms with Crippen LogP contribution in [0.15, 0.2) is 24.3 Å². The zero-order valence-corrected chi connectivity index (χ0v) is 12.6. The second kappa shape index (κ2) is 4.89. The molecule has 0 aliphatic carbocycles. The predicted molar refractivity (Wildman–Crippen MR) is 78.1 cm³/mol. The van der Waals surface area contributed by atoms with Crippen molar-refractivity contribution in [3.63, 3.8) is 0 Å². The van der Waals surface area contributed by atoms with Crippen molar-refractivity contribution in [3.8, 4) is 0 Å². The number of methoxy groups -OCH3 is 1. The molecule has 0 radical (unpaired) electrons. The summed E-state index contributed by atoms with van der Waals surface area (Å²) < 4.78 is 4.92. The number of fused-ring (bicyclic) bond motifs is 2. The van der Waals surface area contributed by atoms with Crippen molar-refractivity contribution in [1.29, 1.82) is 0 Å². The topological polar surface area (TPSA) is 61.9 Å². The molecule has 1 amide bonds. The zero-order chi connectivity index (χ0) is 15.2. The number of ether oxygens (including phenoxy) is 1. The molecule has 0 saturated carbocycles. The molecule has 112 valence electrons. The monoisotopic (exact) mass is 309 g/mol. The van der Waals surface area contributed by atoms with Crippen LogP contribution in [0.1, 0.15) is 0 Å². The highest BCUT2D eigenvalue weighted by atomic mass is 35.5. The van der Waals surface area contributed by atoms with E-state index >= 15 is 0 Å². The number of nitrogens with zero attached hydrogens (tertiary/aromatic N) is 2. The maximum atomic E-state index is 12.5. The van der Waals surface area contributed by atoms with Gasteiger partial charge in [-0.3, -0.25) is 9.69 Å². The van der Waals surface area contributed by atoms with Gasteiger partial charge in [0.15, 0.2) is 0 Å². The lowest BCUT2D eigenvalue weighted by Crippen LogP contribution is -2.71. The number of esters is 1. The van der Waals surface area contributed by atoms with Crippen molar-refractivity contribution in [2.24, 2.45) is 0 Å². The molecule has 2 atom stereocenters. The largest absolute Gasteiger partial charge is 0.466 e. The van der Waals surface area contributed by atoms with E-state index in [0.29, 0.717) is 18.1 Å². The molecule has 3 rings (SSSR count). The minimum absolute atomic E-state index is 0.0532. The van der Waals surface area contributed by atoms with Gasteiger partial charge in [-0.05, 0) is 31.3 Å². The minimum atomic E-state index is -1.45. The molecule has 1 N–H and O–H groups in total. The standard InChI is InChI=1S/C14H16ClN3O3/c1-17-11-7-16-12(19)14(17,13(20)21-2)18(8-11)10-5-3-9(15)4-6-10/h3-6,11H,7-8H2,1-2H3,(H,16,19)/t11-,14+/m1/s1. The van der Waals surface area contributed by atoms with Gasteiger partial charge in [-0.15, -0.1) is 0 Å². The van der Waals surface area contributed by atoms with E-state index in [4.69, 9.17) is 16.3 Å². The van der Waals surface area contributed by atoms with Crippen LogP contribution in [-0.2, 0) is 14.3 Å². The molecule has 2 bridgehead atoms. The van der Waals surface area contributed by atoms with Crippen LogP contribution < -0.4 is 10.2 Å². The molecule has 0 spiro atoms. The fourth-order valence-corrected chi connectivity index (χ4v) is 3.27. The van der Waals surface area contributed by atoms with Crippen LogP contribution >= 0.6 is 11.6 Å². The third-order valence-electron chi connectivity index (χ3n) is 4.27. The molecule has 2 heterocycles. The highest BCUT2D eigenvalue weighted by Crippen LogP contribution is 2.38. The van der Waals surface area contributed by atoms with Gasteiger partial charge >= 0.3 is 5.97 Å². The van der Waals surface area contributed by atoms with E-state index in [1.807, 2.05) is 0 Å². The number of likely N-dealkylation sites (N-methyl/N-ethyl adjacent to an activating group) is 1. The maximum absolute atomic E-state index is 12.5. The second-order valence-corrected chi connectivity index (χ2v) is 5.66. The number of hydrogen-bond acceptors (Lipinski definition) is 5. The van der Waals surface area contributed by atoms with Crippen LogP contribution in [0.5, 0.6) is 0 Å². The summed E-state index contributed by atoms with van der Waals surface area (Å²) in [5.74, 6) is -0.944. The molecular formula is C14H16ClN3O3. The Morgan fingerprint density at radius 1 is 1.43 bits per heavy atom. The number of nitrogens with one attached hydrogen (secondary N) is 1. The average Bonchev–Trinajstić information content (AvgIpc) is 2.68. The van der Waals surface area contributed by atoms with E-state index in [1.165, 1.54) is 7.11 Å². The number of piperazine rings is 1. The Morgan fingerprint density at radius 3 is 2.71 bits per heavy atom. The molecule has 2 aliphatic heterocycles. The Balaban J connectivity index is 2.12. The van der Waals surface area contributed by atoms with E-state index in [-0.39, 0.29) is 11.9 Å². The summed E-state index contributed by atoms with van der Waals surface area (Å²) in [4.78, 5) is 28.5. The average molecular weight is 310 g/mol. The first-order chi connectivity index (χ1) is 10.0. The summed E-state index contributed by atoms with van der Waals surface area (Å²) in [6.45, 7) is 1.07. The summed E-state index contributed by atoms with van der Waals surface area (Å²) in [5.41, 5.74) is -0.693. The van der Waals surface area contributed by atoms with E-state index in [1.54, 1.807) is 41.1 Å². The van der Waals surface area contributed by atoms with E-state index < -0.39 is 11.6 Å². The normalized spacial score (nSPS) is 28.4. The van der Waals surface area contributed by atoms with Crippen LogP contribution in [0.2, 0.25) is 5.02 Å². The van der Waals surface area contributed by atoms with E-state index in [9.17, 15) is 9.59 Å². The summed E-state index contributed by atoms with van der Waals surface area (Å²) in [6, 6.07) is 7.13. The van der Waals surface area contributed by atoms with Gasteiger partial charge < -0.3 is 15.0 Å². The van der Waals surface area contributed by atoms with Gasteiger partial charge in [0.05, 0.1) is 7.11 Å². The molecule has 1 aromatic rings. The van der Waals surface area contributed by atoms with Crippen LogP contribution in [0.25, 0.3) is 0 Å². The number of rotatable bonds is 2. The fourth-order valence-electron chi connectivity index (χ4n) is 3.14. The van der Waals surface area contributed by atoms with Gasteiger partial charge in [0.1, 0.15) is 0 Å². The summed E-state index contributed by atoms with van der Waals surface area (Å²) in [6.07, 6.45) is 0. The van der Waals surface area contributed by atoms with Crippen molar-refractivity contribution < 1.29 is 14.3 Å². The number of anilines is 1. The highest BCUT2D eigenvalue weighted by molar-refractivity contribution is 6.30. The van der Waals surface area contributed by atoms with Crippen molar-refractivity contribution in [2.45, 2.75) is 11.7 Å². The van der Waals surface area contributed by atoms with Crippen LogP contribution in [0, 0.1) is 0 Å². The summed E-state index contributed by atoms with van der Waals surface area (Å²) in [5, 5.41) is 3.40. The van der Waals surface area contributed by atoms with Gasteiger partial charge in [-0.2, -0.15) is 0 Å². The molecule has 6 nitrogen and oxygen atoms in total. The first kappa shape index (κ1) is 14.2. The lowest BCUT2D eigenvalue weighted by Gasteiger charge is -2.41. The number of carbonyl (C=O) groups excluding carboxylic acids is 2. The lowest BCUT2D eigenvalue weighted by atomic mass is 10.0. The quantitative estimate of drug-likeness (QED) is 0.635. The van der Waals surface area contributed by atoms with Crippen LogP contribution in [0.4, 0.5) is 5.69 Å². The maximum Gasteiger partial charge on any atom is 0.357 e. The van der Waals surface area contributed by atoms with Gasteiger partial charge in [0.2, 0.25) is 0 Å². The van der Waals surface area contributed by atoms with Crippen molar-refractivity contribution in [2.75, 3.05) is 32.1 Å². The molecule has 2 aliphatic rings. The molecule has 21 heavy (non-hydrogen) atoms. The van der Waals surface area contributed by atoms with E-state index in [2.05, 4.69) is 5.32 Å². The third kappa shape index (κ3) is 1.82. The first-order valence-corrected chi connectivity index (χ1v) is 7.02. The number of carbonyl (C=O) groups is 2. The van der Waals surface area contributed by atoms with Gasteiger partial charge in [0.25, 0.3) is 11.6 Å². The van der Waals surface area contributed by atoms with Gasteiger partial charge in [-0.25, -0.2) is 4.79 Å². The number of amides is 1. The Labute approximate surface area is 127 Å². The Hall–Kier alpha value is -1.79. The molecule has 1 aromatic carbocycles. The summed E-state index contributed by atoms with van der Waals surface area (Å²) in [7, 11) is 3.07. The SMILES string of the molecule is COC(=O)[C@]12C(=O)NC[C@H](CN1c1ccc(Cl)cc1)N2C. The molecule has 7 heteroatoms. The first-order valence-electron chi connectivity index (χ1n) is 6.64. The molecule has 2 saturated heterocycles. The van der Waals surface area contributed by atoms with Crippen molar-refractivity contribution >= 4 is 29.2 Å². The Morgan fingerprint density at radius 2 is 2.10 bits per heavy atom. The second-order valence-electron chi connectivity index (χ2n) is 5.23. The van der Waals surface area contributed by atoms with Crippen LogP contribution in [0.3, 0.4) is 0 Å². The zero-order valence-electron chi connectivity index (χ0n) is 11.8. The minimum Gasteiger partial charge on any atom is -0.466 e. The van der Waals surface area contributed by atoms with Crippen molar-refractivity contribution in [1.82, 2.24) is 10.2 Å². The van der Waals surface area contributed by atoms with Gasteiger partial charge in [0, 0.05) is 29.8 Å². The number of halogens is 1. The number of hydrogen-bond donors (Lipinski definition) is 1. The third-order valence-corrected chi connectivity index (χ3v) is 4.52. The summed E-state index contributed by atoms with van der Waals surface area (Å²) >= 11 is 5.91. The molecule has 2 fully saturated rings.